The van der Waals surface area contributed by atoms with Crippen molar-refractivity contribution >= 4 is 11.9 Å². The van der Waals surface area contributed by atoms with E-state index in [2.05, 4.69) is 0 Å². The molecule has 0 bridgehead atoms. The molecular formula is C14H19NO5. The van der Waals surface area contributed by atoms with Crippen molar-refractivity contribution in [3.05, 3.63) is 23.8 Å². The van der Waals surface area contributed by atoms with E-state index in [1.54, 1.807) is 13.8 Å². The van der Waals surface area contributed by atoms with Crippen molar-refractivity contribution in [1.29, 1.82) is 0 Å². The lowest BCUT2D eigenvalue weighted by molar-refractivity contribution is -0.138. The number of phenols is 1. The van der Waals surface area contributed by atoms with Gasteiger partial charge in [0.1, 0.15) is 0 Å². The summed E-state index contributed by atoms with van der Waals surface area (Å²) in [6.07, 6.45) is -0.123. The monoisotopic (exact) mass is 281 g/mol. The Bertz CT molecular complexity index is 500. The minimum Gasteiger partial charge on any atom is -0.504 e. The number of benzene rings is 1. The second-order valence-electron chi connectivity index (χ2n) is 4.42. The fourth-order valence-electron chi connectivity index (χ4n) is 2.01. The van der Waals surface area contributed by atoms with Crippen LogP contribution in [0, 0.1) is 0 Å². The molecule has 110 valence electrons. The van der Waals surface area contributed by atoms with Gasteiger partial charge in [0.05, 0.1) is 13.5 Å². The van der Waals surface area contributed by atoms with Gasteiger partial charge in [0.2, 0.25) is 0 Å². The van der Waals surface area contributed by atoms with Crippen LogP contribution in [0.5, 0.6) is 11.5 Å². The Morgan fingerprint density at radius 3 is 2.50 bits per heavy atom. The number of methoxy groups -OCH3 is 1. The third-order valence-corrected chi connectivity index (χ3v) is 3.03. The molecule has 20 heavy (non-hydrogen) atoms. The topological polar surface area (TPSA) is 87.1 Å². The Kier molecular flexibility index (Phi) is 5.37. The van der Waals surface area contributed by atoms with Crippen molar-refractivity contribution in [3.63, 3.8) is 0 Å². The maximum Gasteiger partial charge on any atom is 0.305 e. The molecule has 6 nitrogen and oxygen atoms in total. The van der Waals surface area contributed by atoms with Crippen molar-refractivity contribution < 1.29 is 24.5 Å². The molecular weight excluding hydrogens is 262 g/mol. The summed E-state index contributed by atoms with van der Waals surface area (Å²) in [5.41, 5.74) is 0.294. The predicted molar refractivity (Wildman–Crippen MR) is 73.1 cm³/mol. The first kappa shape index (κ1) is 15.8. The number of carboxylic acid groups (broad SMARTS) is 1. The second-order valence-corrected chi connectivity index (χ2v) is 4.42. The number of aliphatic carboxylic acids is 1. The molecule has 1 amide bonds. The first-order valence-electron chi connectivity index (χ1n) is 6.30. The summed E-state index contributed by atoms with van der Waals surface area (Å²) in [4.78, 5) is 24.5. The lowest BCUT2D eigenvalue weighted by atomic mass is 10.1. The molecule has 0 radical (unpaired) electrons. The van der Waals surface area contributed by atoms with Crippen molar-refractivity contribution in [2.24, 2.45) is 0 Å². The molecule has 0 spiro atoms. The van der Waals surface area contributed by atoms with Gasteiger partial charge in [-0.25, -0.2) is 0 Å². The summed E-state index contributed by atoms with van der Waals surface area (Å²) >= 11 is 0. The number of carboxylic acids is 1. The first-order chi connectivity index (χ1) is 9.40. The molecule has 1 rings (SSSR count). The van der Waals surface area contributed by atoms with Gasteiger partial charge >= 0.3 is 5.97 Å². The van der Waals surface area contributed by atoms with E-state index in [4.69, 9.17) is 9.84 Å². The van der Waals surface area contributed by atoms with Gasteiger partial charge in [0.15, 0.2) is 11.5 Å². The van der Waals surface area contributed by atoms with E-state index in [-0.39, 0.29) is 23.8 Å². The predicted octanol–water partition coefficient (Wildman–Crippen LogP) is 1.73. The van der Waals surface area contributed by atoms with Crippen LogP contribution >= 0.6 is 0 Å². The second kappa shape index (κ2) is 6.79. The highest BCUT2D eigenvalue weighted by Crippen LogP contribution is 2.27. The zero-order valence-electron chi connectivity index (χ0n) is 11.8. The van der Waals surface area contributed by atoms with Gasteiger partial charge < -0.3 is 19.8 Å². The van der Waals surface area contributed by atoms with Gasteiger partial charge in [-0.1, -0.05) is 0 Å². The summed E-state index contributed by atoms with van der Waals surface area (Å²) in [6.45, 7) is 3.85. The molecule has 0 heterocycles. The number of carbonyl (C=O) groups is 2. The molecule has 1 unspecified atom stereocenters. The fraction of sp³-hybridized carbons (Fsp3) is 0.429. The van der Waals surface area contributed by atoms with E-state index in [0.29, 0.717) is 12.1 Å². The van der Waals surface area contributed by atoms with E-state index in [9.17, 15) is 14.7 Å². The van der Waals surface area contributed by atoms with Crippen LogP contribution in [0.1, 0.15) is 30.6 Å². The number of amides is 1. The maximum absolute atomic E-state index is 12.3. The highest BCUT2D eigenvalue weighted by molar-refractivity contribution is 5.95. The largest absolute Gasteiger partial charge is 0.504 e. The molecule has 2 N–H and O–H groups in total. The standard InChI is InChI=1S/C14H19NO5/c1-4-15(9(2)7-13(17)18)14(19)10-5-6-12(20-3)11(16)8-10/h5-6,8-9,16H,4,7H2,1-3H3,(H,17,18). The lowest BCUT2D eigenvalue weighted by Gasteiger charge is -2.27. The van der Waals surface area contributed by atoms with E-state index in [1.807, 2.05) is 0 Å². The van der Waals surface area contributed by atoms with Crippen LogP contribution in [0.4, 0.5) is 0 Å². The molecule has 0 aliphatic carbocycles. The van der Waals surface area contributed by atoms with Crippen LogP contribution in [0.25, 0.3) is 0 Å². The number of carbonyl (C=O) groups excluding carboxylic acids is 1. The molecule has 0 saturated carbocycles. The SMILES string of the molecule is CCN(C(=O)c1ccc(OC)c(O)c1)C(C)CC(=O)O. The van der Waals surface area contributed by atoms with Crippen molar-refractivity contribution in [2.75, 3.05) is 13.7 Å². The number of hydrogen-bond donors (Lipinski definition) is 2. The van der Waals surface area contributed by atoms with E-state index >= 15 is 0 Å². The van der Waals surface area contributed by atoms with Gasteiger partial charge in [0, 0.05) is 18.2 Å². The Balaban J connectivity index is 2.96. The molecule has 0 aliphatic heterocycles. The molecule has 0 fully saturated rings. The normalized spacial score (nSPS) is 11.8. The minimum absolute atomic E-state index is 0.123. The number of rotatable bonds is 6. The molecule has 0 aromatic heterocycles. The van der Waals surface area contributed by atoms with Gasteiger partial charge in [-0.3, -0.25) is 9.59 Å². The number of phenolic OH excluding ortho intramolecular Hbond substituents is 1. The van der Waals surface area contributed by atoms with Gasteiger partial charge in [-0.15, -0.1) is 0 Å². The zero-order valence-corrected chi connectivity index (χ0v) is 11.8. The van der Waals surface area contributed by atoms with Crippen LogP contribution in [0.15, 0.2) is 18.2 Å². The summed E-state index contributed by atoms with van der Waals surface area (Å²) in [7, 11) is 1.42. The smallest absolute Gasteiger partial charge is 0.305 e. The summed E-state index contributed by atoms with van der Waals surface area (Å²) in [5.74, 6) is -1.12. The third kappa shape index (κ3) is 3.63. The Labute approximate surface area is 117 Å². The first-order valence-corrected chi connectivity index (χ1v) is 6.30. The fourth-order valence-corrected chi connectivity index (χ4v) is 2.01. The Morgan fingerprint density at radius 2 is 2.05 bits per heavy atom. The van der Waals surface area contributed by atoms with E-state index in [1.165, 1.54) is 30.2 Å². The zero-order chi connectivity index (χ0) is 15.3. The quantitative estimate of drug-likeness (QED) is 0.829. The number of nitrogens with zero attached hydrogens (tertiary/aromatic N) is 1. The molecule has 0 saturated heterocycles. The third-order valence-electron chi connectivity index (χ3n) is 3.03. The molecule has 1 aromatic carbocycles. The van der Waals surface area contributed by atoms with Crippen LogP contribution < -0.4 is 4.74 Å². The summed E-state index contributed by atoms with van der Waals surface area (Å²) in [6, 6.07) is 3.93. The van der Waals surface area contributed by atoms with Crippen LogP contribution in [0.2, 0.25) is 0 Å². The van der Waals surface area contributed by atoms with Crippen LogP contribution in [-0.2, 0) is 4.79 Å². The van der Waals surface area contributed by atoms with E-state index < -0.39 is 12.0 Å². The average Bonchev–Trinajstić information content (AvgIpc) is 2.38. The maximum atomic E-state index is 12.3. The molecule has 1 aromatic rings. The van der Waals surface area contributed by atoms with Gasteiger partial charge in [-0.2, -0.15) is 0 Å². The molecule has 6 heteroatoms. The summed E-state index contributed by atoms with van der Waals surface area (Å²) in [5, 5.41) is 18.5. The van der Waals surface area contributed by atoms with E-state index in [0.717, 1.165) is 0 Å². The number of aromatic hydroxyl groups is 1. The van der Waals surface area contributed by atoms with Crippen molar-refractivity contribution in [3.8, 4) is 11.5 Å². The molecule has 1 atom stereocenters. The number of hydrogen-bond acceptors (Lipinski definition) is 4. The number of ether oxygens (including phenoxy) is 1. The van der Waals surface area contributed by atoms with Crippen LogP contribution in [0.3, 0.4) is 0 Å². The van der Waals surface area contributed by atoms with Crippen molar-refractivity contribution in [1.82, 2.24) is 4.90 Å². The van der Waals surface area contributed by atoms with Gasteiger partial charge in [-0.05, 0) is 32.0 Å². The van der Waals surface area contributed by atoms with Crippen molar-refractivity contribution in [2.45, 2.75) is 26.3 Å². The molecule has 0 aliphatic rings. The highest BCUT2D eigenvalue weighted by atomic mass is 16.5. The Hall–Kier alpha value is -2.24. The van der Waals surface area contributed by atoms with Crippen LogP contribution in [-0.4, -0.2) is 46.7 Å². The minimum atomic E-state index is -0.957. The Morgan fingerprint density at radius 1 is 1.40 bits per heavy atom. The average molecular weight is 281 g/mol. The summed E-state index contributed by atoms with van der Waals surface area (Å²) < 4.78 is 4.91. The lowest BCUT2D eigenvalue weighted by Crippen LogP contribution is -2.39. The van der Waals surface area contributed by atoms with Gasteiger partial charge in [0.25, 0.3) is 5.91 Å². The highest BCUT2D eigenvalue weighted by Gasteiger charge is 2.22.